The van der Waals surface area contributed by atoms with Gasteiger partial charge in [-0.25, -0.2) is 9.97 Å². The summed E-state index contributed by atoms with van der Waals surface area (Å²) in [5.41, 5.74) is 12.0. The maximum absolute atomic E-state index is 13.5. The third-order valence-electron chi connectivity index (χ3n) is 11.3. The van der Waals surface area contributed by atoms with Crippen LogP contribution in [0.1, 0.15) is 108 Å². The highest BCUT2D eigenvalue weighted by Crippen LogP contribution is 2.31. The third-order valence-corrected chi connectivity index (χ3v) is 11.3. The van der Waals surface area contributed by atoms with Crippen molar-refractivity contribution in [2.24, 2.45) is 7.05 Å². The van der Waals surface area contributed by atoms with Crippen LogP contribution in [0.5, 0.6) is 0 Å². The molecular formula is C50H56N6O2. The summed E-state index contributed by atoms with van der Waals surface area (Å²) >= 11 is 0. The summed E-state index contributed by atoms with van der Waals surface area (Å²) in [5.74, 6) is 2.24. The molecule has 0 aliphatic heterocycles. The zero-order chi connectivity index (χ0) is 40.6. The third kappa shape index (κ3) is 8.76. The zero-order valence-electron chi connectivity index (χ0n) is 34.6. The first-order chi connectivity index (χ1) is 28.3. The Morgan fingerprint density at radius 1 is 0.707 bits per heavy atom. The lowest BCUT2D eigenvalue weighted by atomic mass is 9.91. The van der Waals surface area contributed by atoms with Crippen LogP contribution in [0.25, 0.3) is 44.6 Å². The Hall–Kier alpha value is -6.02. The Balaban J connectivity index is 0.997. The van der Waals surface area contributed by atoms with Crippen LogP contribution in [0.2, 0.25) is 0 Å². The van der Waals surface area contributed by atoms with Gasteiger partial charge in [-0.2, -0.15) is 0 Å². The number of hydrogen-bond donors (Lipinski definition) is 2. The van der Waals surface area contributed by atoms with Gasteiger partial charge < -0.3 is 19.8 Å². The van der Waals surface area contributed by atoms with E-state index in [1.165, 1.54) is 0 Å². The molecule has 0 aliphatic carbocycles. The maximum atomic E-state index is 13.5. The first-order valence-corrected chi connectivity index (χ1v) is 21.0. The Bertz CT molecular complexity index is 2530. The average molecular weight is 773 g/mol. The molecule has 5 aromatic carbocycles. The van der Waals surface area contributed by atoms with Crippen LogP contribution in [0.3, 0.4) is 0 Å². The number of amides is 2. The lowest BCUT2D eigenvalue weighted by Crippen LogP contribution is -2.28. The quantitative estimate of drug-likeness (QED) is 0.0902. The molecule has 0 bridgehead atoms. The Labute approximate surface area is 342 Å². The number of fused-ring (bicyclic) bond motifs is 2. The van der Waals surface area contributed by atoms with Gasteiger partial charge in [-0.15, -0.1) is 0 Å². The summed E-state index contributed by atoms with van der Waals surface area (Å²) in [7, 11) is 2.08. The molecule has 7 aromatic rings. The molecule has 0 aliphatic rings. The smallest absolute Gasteiger partial charge is 0.251 e. The SMILES string of the molecule is CCCCC(C)c1ccccc1C(=O)NCCCCNC(=O)c1ccccc1-c1ccc(Cn2c(CCC)nc3c(C)cc(-c4nc5ccccc5n4C)cc32)cc1. The second-order valence-corrected chi connectivity index (χ2v) is 15.6. The van der Waals surface area contributed by atoms with Gasteiger partial charge in [0.2, 0.25) is 0 Å². The molecule has 1 atom stereocenters. The summed E-state index contributed by atoms with van der Waals surface area (Å²) in [5, 5.41) is 6.21. The minimum atomic E-state index is -0.0976. The van der Waals surface area contributed by atoms with Crippen molar-refractivity contribution in [3.8, 4) is 22.5 Å². The number of nitrogens with zero attached hydrogens (tertiary/aromatic N) is 4. The van der Waals surface area contributed by atoms with Crippen molar-refractivity contribution < 1.29 is 9.59 Å². The number of unbranched alkanes of at least 4 members (excludes halogenated alkanes) is 2. The van der Waals surface area contributed by atoms with Crippen LogP contribution >= 0.6 is 0 Å². The second-order valence-electron chi connectivity index (χ2n) is 15.6. The van der Waals surface area contributed by atoms with E-state index in [2.05, 4.69) is 115 Å². The normalized spacial score (nSPS) is 11.9. The van der Waals surface area contributed by atoms with Gasteiger partial charge in [-0.3, -0.25) is 9.59 Å². The number of aryl methyl sites for hydroxylation is 3. The summed E-state index contributed by atoms with van der Waals surface area (Å²) < 4.78 is 4.52. The number of rotatable bonds is 17. The molecule has 0 spiro atoms. The van der Waals surface area contributed by atoms with E-state index in [0.29, 0.717) is 31.1 Å². The van der Waals surface area contributed by atoms with Crippen LogP contribution < -0.4 is 10.6 Å². The topological polar surface area (TPSA) is 93.8 Å². The minimum absolute atomic E-state index is 0.0265. The molecule has 8 nitrogen and oxygen atoms in total. The van der Waals surface area contributed by atoms with Crippen molar-refractivity contribution >= 4 is 33.9 Å². The summed E-state index contributed by atoms with van der Waals surface area (Å²) in [6, 6.07) is 37.0. The fourth-order valence-corrected chi connectivity index (χ4v) is 8.11. The van der Waals surface area contributed by atoms with Crippen LogP contribution in [0, 0.1) is 6.92 Å². The van der Waals surface area contributed by atoms with Crippen LogP contribution in [-0.2, 0) is 20.0 Å². The van der Waals surface area contributed by atoms with E-state index in [1.54, 1.807) is 0 Å². The molecule has 2 aromatic heterocycles. The molecule has 1 unspecified atom stereocenters. The number of hydrogen-bond acceptors (Lipinski definition) is 4. The van der Waals surface area contributed by atoms with Crippen molar-refractivity contribution in [1.82, 2.24) is 29.7 Å². The molecule has 58 heavy (non-hydrogen) atoms. The molecule has 2 amide bonds. The second kappa shape index (κ2) is 18.5. The molecule has 0 fully saturated rings. The molecule has 2 N–H and O–H groups in total. The Morgan fingerprint density at radius 3 is 2.10 bits per heavy atom. The van der Waals surface area contributed by atoms with Gasteiger partial charge in [-0.1, -0.05) is 106 Å². The van der Waals surface area contributed by atoms with Crippen LogP contribution in [0.15, 0.2) is 109 Å². The van der Waals surface area contributed by atoms with Gasteiger partial charge in [-0.05, 0) is 103 Å². The molecule has 0 radical (unpaired) electrons. The summed E-state index contributed by atoms with van der Waals surface area (Å²) in [6.07, 6.45) is 6.80. The van der Waals surface area contributed by atoms with E-state index in [1.807, 2.05) is 48.5 Å². The number of aromatic nitrogens is 4. The van der Waals surface area contributed by atoms with Gasteiger partial charge in [0.1, 0.15) is 11.6 Å². The highest BCUT2D eigenvalue weighted by Gasteiger charge is 2.19. The molecule has 298 valence electrons. The molecule has 0 saturated carbocycles. The van der Waals surface area contributed by atoms with Crippen molar-refractivity contribution in [1.29, 1.82) is 0 Å². The summed E-state index contributed by atoms with van der Waals surface area (Å²) in [6.45, 7) is 10.5. The van der Waals surface area contributed by atoms with Crippen molar-refractivity contribution in [3.63, 3.8) is 0 Å². The zero-order valence-corrected chi connectivity index (χ0v) is 34.6. The van der Waals surface area contributed by atoms with E-state index < -0.39 is 0 Å². The van der Waals surface area contributed by atoms with Crippen LogP contribution in [0.4, 0.5) is 0 Å². The summed E-state index contributed by atoms with van der Waals surface area (Å²) in [4.78, 5) is 36.7. The largest absolute Gasteiger partial charge is 0.352 e. The maximum Gasteiger partial charge on any atom is 0.251 e. The number of carbonyl (C=O) groups excluding carboxylic acids is 2. The minimum Gasteiger partial charge on any atom is -0.352 e. The van der Waals surface area contributed by atoms with Gasteiger partial charge >= 0.3 is 0 Å². The van der Waals surface area contributed by atoms with Gasteiger partial charge in [0.25, 0.3) is 11.8 Å². The van der Waals surface area contributed by atoms with Gasteiger partial charge in [0.05, 0.1) is 22.1 Å². The first kappa shape index (κ1) is 40.2. The molecular weight excluding hydrogens is 717 g/mol. The average Bonchev–Trinajstić information content (AvgIpc) is 3.77. The fourth-order valence-electron chi connectivity index (χ4n) is 8.11. The number of benzene rings is 5. The monoisotopic (exact) mass is 772 g/mol. The van der Waals surface area contributed by atoms with E-state index in [-0.39, 0.29) is 11.8 Å². The Morgan fingerprint density at radius 2 is 1.38 bits per heavy atom. The standard InChI is InChI=1S/C50H56N6O2/c1-6-8-18-34(3)39-19-9-11-21-41(39)49(57)51-29-15-16-30-52-50(58)42-22-12-10-20-40(42)37-27-25-36(26-28-37)33-56-45-32-38(31-35(4)47(45)54-46(56)17-7-2)48-53-43-23-13-14-24-44(43)55(48)5/h9-14,19-28,31-32,34H,6-8,15-18,29-30,33H2,1-5H3,(H,51,57)(H,52,58). The van der Waals surface area contributed by atoms with E-state index in [0.717, 1.165) is 118 Å². The van der Waals surface area contributed by atoms with Crippen molar-refractivity contribution in [3.05, 3.63) is 143 Å². The number of imidazole rings is 2. The first-order valence-electron chi connectivity index (χ1n) is 21.0. The lowest BCUT2D eigenvalue weighted by Gasteiger charge is -2.16. The van der Waals surface area contributed by atoms with Crippen molar-refractivity contribution in [2.45, 2.75) is 85.1 Å². The number of carbonyl (C=O) groups is 2. The molecule has 7 rings (SSSR count). The molecule has 2 heterocycles. The highest BCUT2D eigenvalue weighted by atomic mass is 16.2. The number of para-hydroxylation sites is 2. The highest BCUT2D eigenvalue weighted by molar-refractivity contribution is 6.01. The lowest BCUT2D eigenvalue weighted by molar-refractivity contribution is 0.0939. The van der Waals surface area contributed by atoms with Gasteiger partial charge in [0, 0.05) is 49.8 Å². The molecule has 8 heteroatoms. The number of nitrogens with one attached hydrogen (secondary N) is 2. The fraction of sp³-hybridized carbons (Fsp3) is 0.320. The van der Waals surface area contributed by atoms with Gasteiger partial charge in [0.15, 0.2) is 0 Å². The van der Waals surface area contributed by atoms with Crippen LogP contribution in [-0.4, -0.2) is 44.0 Å². The van der Waals surface area contributed by atoms with E-state index >= 15 is 0 Å². The van der Waals surface area contributed by atoms with E-state index in [9.17, 15) is 9.59 Å². The predicted molar refractivity (Wildman–Crippen MR) is 237 cm³/mol. The Kier molecular flexibility index (Phi) is 12.8. The van der Waals surface area contributed by atoms with Crippen molar-refractivity contribution in [2.75, 3.05) is 13.1 Å². The molecule has 0 saturated heterocycles. The predicted octanol–water partition coefficient (Wildman–Crippen LogP) is 10.8. The van der Waals surface area contributed by atoms with E-state index in [4.69, 9.17) is 9.97 Å².